The van der Waals surface area contributed by atoms with Gasteiger partial charge >= 0.3 is 0 Å². The summed E-state index contributed by atoms with van der Waals surface area (Å²) in [5.41, 5.74) is 0. The van der Waals surface area contributed by atoms with Crippen LogP contribution in [0.25, 0.3) is 0 Å². The van der Waals surface area contributed by atoms with Crippen LogP contribution in [0, 0.1) is 17.8 Å². The second-order valence-corrected chi connectivity index (χ2v) is 9.30. The van der Waals surface area contributed by atoms with Crippen LogP contribution in [-0.4, -0.2) is 44.6 Å². The lowest BCUT2D eigenvalue weighted by molar-refractivity contribution is -0.132. The van der Waals surface area contributed by atoms with Crippen LogP contribution in [0.5, 0.6) is 0 Å². The molecule has 5 nitrogen and oxygen atoms in total. The summed E-state index contributed by atoms with van der Waals surface area (Å²) < 4.78 is 24.5. The third kappa shape index (κ3) is 3.82. The van der Waals surface area contributed by atoms with Gasteiger partial charge < -0.3 is 4.90 Å². The smallest absolute Gasteiger partial charge is 0.224 e. The molecule has 2 saturated carbocycles. The van der Waals surface area contributed by atoms with E-state index in [1.54, 1.807) is 0 Å². The summed E-state index contributed by atoms with van der Waals surface area (Å²) in [5, 5.41) is 0. The Kier molecular flexibility index (Phi) is 4.78. The van der Waals surface area contributed by atoms with Gasteiger partial charge in [0.25, 0.3) is 0 Å². The zero-order valence-corrected chi connectivity index (χ0v) is 14.3. The van der Waals surface area contributed by atoms with Gasteiger partial charge in [0.15, 0.2) is 0 Å². The number of nitrogens with one attached hydrogen (secondary N) is 1. The van der Waals surface area contributed by atoms with Crippen molar-refractivity contribution < 1.29 is 13.2 Å². The zero-order valence-electron chi connectivity index (χ0n) is 13.5. The Balaban J connectivity index is 1.48. The first kappa shape index (κ1) is 16.2. The first-order chi connectivity index (χ1) is 10.4. The van der Waals surface area contributed by atoms with Crippen molar-refractivity contribution in [1.29, 1.82) is 0 Å². The number of fused-ring (bicyclic) bond motifs is 2. The van der Waals surface area contributed by atoms with Gasteiger partial charge in [0.05, 0.1) is 6.26 Å². The molecule has 2 aliphatic carbocycles. The molecular formula is C16H28N2O3S. The molecule has 3 aliphatic rings. The number of amides is 1. The summed E-state index contributed by atoms with van der Waals surface area (Å²) in [6, 6.07) is 0.398. The third-order valence-electron chi connectivity index (χ3n) is 5.86. The van der Waals surface area contributed by atoms with Crippen LogP contribution in [0.1, 0.15) is 51.4 Å². The quantitative estimate of drug-likeness (QED) is 0.808. The molecular weight excluding hydrogens is 300 g/mol. The summed E-state index contributed by atoms with van der Waals surface area (Å²) in [7, 11) is -3.20. The van der Waals surface area contributed by atoms with E-state index >= 15 is 0 Å². The minimum Gasteiger partial charge on any atom is -0.340 e. The molecule has 1 N–H and O–H groups in total. The number of rotatable bonds is 6. The molecule has 0 aromatic carbocycles. The molecule has 0 aromatic rings. The fourth-order valence-electron chi connectivity index (χ4n) is 4.91. The van der Waals surface area contributed by atoms with Crippen molar-refractivity contribution in [3.63, 3.8) is 0 Å². The zero-order chi connectivity index (χ0) is 15.7. The maximum atomic E-state index is 12.4. The van der Waals surface area contributed by atoms with Gasteiger partial charge in [0, 0.05) is 25.6 Å². The van der Waals surface area contributed by atoms with Crippen LogP contribution in [0.15, 0.2) is 0 Å². The molecule has 0 radical (unpaired) electrons. The molecule has 0 unspecified atom stereocenters. The van der Waals surface area contributed by atoms with Gasteiger partial charge in [-0.1, -0.05) is 6.42 Å². The molecule has 1 saturated heterocycles. The SMILES string of the molecule is CS(=O)(=O)NCCC(=O)N1CCC[C@H]1C[C@H]1C[C@H]2CC[C@H]1C2. The second-order valence-electron chi connectivity index (χ2n) is 7.47. The van der Waals surface area contributed by atoms with Gasteiger partial charge in [0.2, 0.25) is 15.9 Å². The van der Waals surface area contributed by atoms with E-state index in [-0.39, 0.29) is 18.9 Å². The standard InChI is InChI=1S/C16H28N2O3S/c1-22(20,21)17-7-6-16(19)18-8-2-3-15(18)11-14-10-12-4-5-13(14)9-12/h12-15,17H,2-11H2,1H3/t12-,13-,14+,15-/m0/s1. The molecule has 2 bridgehead atoms. The van der Waals surface area contributed by atoms with E-state index in [2.05, 4.69) is 4.72 Å². The Labute approximate surface area is 133 Å². The van der Waals surface area contributed by atoms with Crippen molar-refractivity contribution in [1.82, 2.24) is 9.62 Å². The normalized spacial score (nSPS) is 34.5. The van der Waals surface area contributed by atoms with E-state index in [9.17, 15) is 13.2 Å². The minimum absolute atomic E-state index is 0.113. The van der Waals surface area contributed by atoms with Gasteiger partial charge in [0.1, 0.15) is 0 Å². The van der Waals surface area contributed by atoms with Crippen molar-refractivity contribution in [2.75, 3.05) is 19.3 Å². The van der Waals surface area contributed by atoms with Crippen molar-refractivity contribution in [2.24, 2.45) is 17.8 Å². The summed E-state index contributed by atoms with van der Waals surface area (Å²) in [5.74, 6) is 2.81. The Morgan fingerprint density at radius 1 is 1.23 bits per heavy atom. The van der Waals surface area contributed by atoms with Crippen LogP contribution in [0.3, 0.4) is 0 Å². The highest BCUT2D eigenvalue weighted by molar-refractivity contribution is 7.88. The predicted octanol–water partition coefficient (Wildman–Crippen LogP) is 1.74. The summed E-state index contributed by atoms with van der Waals surface area (Å²) in [6.07, 6.45) is 10.4. The fraction of sp³-hybridized carbons (Fsp3) is 0.938. The minimum atomic E-state index is -3.20. The maximum absolute atomic E-state index is 12.4. The van der Waals surface area contributed by atoms with Gasteiger partial charge in [-0.15, -0.1) is 0 Å². The lowest BCUT2D eigenvalue weighted by Crippen LogP contribution is -2.39. The molecule has 3 rings (SSSR count). The summed E-state index contributed by atoms with van der Waals surface area (Å²) in [6.45, 7) is 1.07. The van der Waals surface area contributed by atoms with Crippen LogP contribution >= 0.6 is 0 Å². The largest absolute Gasteiger partial charge is 0.340 e. The molecule has 1 amide bonds. The first-order valence-corrected chi connectivity index (χ1v) is 10.6. The molecule has 22 heavy (non-hydrogen) atoms. The van der Waals surface area contributed by atoms with Crippen molar-refractivity contribution in [3.8, 4) is 0 Å². The van der Waals surface area contributed by atoms with E-state index in [4.69, 9.17) is 0 Å². The topological polar surface area (TPSA) is 66.5 Å². The number of carbonyl (C=O) groups is 1. The molecule has 0 spiro atoms. The Morgan fingerprint density at radius 2 is 2.05 bits per heavy atom. The number of hydrogen-bond acceptors (Lipinski definition) is 3. The van der Waals surface area contributed by atoms with Crippen molar-refractivity contribution in [2.45, 2.75) is 57.4 Å². The molecule has 126 valence electrons. The maximum Gasteiger partial charge on any atom is 0.224 e. The van der Waals surface area contributed by atoms with Crippen molar-refractivity contribution >= 4 is 15.9 Å². The Morgan fingerprint density at radius 3 is 2.68 bits per heavy atom. The van der Waals surface area contributed by atoms with E-state index in [1.807, 2.05) is 4.90 Å². The summed E-state index contributed by atoms with van der Waals surface area (Å²) in [4.78, 5) is 14.4. The van der Waals surface area contributed by atoms with Gasteiger partial charge in [-0.25, -0.2) is 13.1 Å². The van der Waals surface area contributed by atoms with E-state index in [0.29, 0.717) is 6.04 Å². The monoisotopic (exact) mass is 328 g/mol. The number of likely N-dealkylation sites (tertiary alicyclic amines) is 1. The Bertz CT molecular complexity index is 519. The molecule has 1 heterocycles. The molecule has 1 aliphatic heterocycles. The van der Waals surface area contributed by atoms with E-state index in [1.165, 1.54) is 32.1 Å². The van der Waals surface area contributed by atoms with Crippen LogP contribution in [-0.2, 0) is 14.8 Å². The highest BCUT2D eigenvalue weighted by Crippen LogP contribution is 2.50. The van der Waals surface area contributed by atoms with Gasteiger partial charge in [-0.2, -0.15) is 0 Å². The molecule has 0 aromatic heterocycles. The van der Waals surface area contributed by atoms with Crippen LogP contribution in [0.4, 0.5) is 0 Å². The van der Waals surface area contributed by atoms with E-state index < -0.39 is 10.0 Å². The molecule has 4 atom stereocenters. The first-order valence-electron chi connectivity index (χ1n) is 8.66. The predicted molar refractivity (Wildman–Crippen MR) is 85.8 cm³/mol. The molecule has 3 fully saturated rings. The fourth-order valence-corrected chi connectivity index (χ4v) is 5.38. The average molecular weight is 328 g/mol. The Hall–Kier alpha value is -0.620. The van der Waals surface area contributed by atoms with Gasteiger partial charge in [-0.05, 0) is 56.3 Å². The third-order valence-corrected chi connectivity index (χ3v) is 6.59. The average Bonchev–Trinajstić information content (AvgIpc) is 3.12. The lowest BCUT2D eigenvalue weighted by Gasteiger charge is -2.30. The van der Waals surface area contributed by atoms with Crippen LogP contribution < -0.4 is 4.72 Å². The number of carbonyl (C=O) groups excluding carboxylic acids is 1. The van der Waals surface area contributed by atoms with E-state index in [0.717, 1.165) is 43.4 Å². The number of sulfonamides is 1. The second kappa shape index (κ2) is 6.48. The highest BCUT2D eigenvalue weighted by atomic mass is 32.2. The van der Waals surface area contributed by atoms with Crippen molar-refractivity contribution in [3.05, 3.63) is 0 Å². The summed E-state index contributed by atoms with van der Waals surface area (Å²) >= 11 is 0. The highest BCUT2D eigenvalue weighted by Gasteiger charge is 2.41. The number of hydrogen-bond donors (Lipinski definition) is 1. The lowest BCUT2D eigenvalue weighted by atomic mass is 9.83. The molecule has 6 heteroatoms. The van der Waals surface area contributed by atoms with Crippen LogP contribution in [0.2, 0.25) is 0 Å². The number of nitrogens with zero attached hydrogens (tertiary/aromatic N) is 1. The van der Waals surface area contributed by atoms with Gasteiger partial charge in [-0.3, -0.25) is 4.79 Å².